The molecule has 1 N–H and O–H groups in total. The molecule has 0 saturated heterocycles. The van der Waals surface area contributed by atoms with Gasteiger partial charge >= 0.3 is 0 Å². The van der Waals surface area contributed by atoms with Crippen LogP contribution in [0.2, 0.25) is 0 Å². The van der Waals surface area contributed by atoms with Crippen molar-refractivity contribution < 1.29 is 4.74 Å². The molecular formula is C17H35NO. The van der Waals surface area contributed by atoms with Crippen LogP contribution in [0, 0.1) is 11.3 Å². The van der Waals surface area contributed by atoms with Gasteiger partial charge in [0.25, 0.3) is 0 Å². The van der Waals surface area contributed by atoms with E-state index >= 15 is 0 Å². The third-order valence-corrected chi connectivity index (χ3v) is 4.72. The normalized spacial score (nSPS) is 28.6. The third kappa shape index (κ3) is 5.43. The molecule has 0 aromatic rings. The first-order valence-corrected chi connectivity index (χ1v) is 8.28. The summed E-state index contributed by atoms with van der Waals surface area (Å²) in [5.74, 6) is 0.858. The summed E-state index contributed by atoms with van der Waals surface area (Å²) in [5.41, 5.74) is 0.570. The van der Waals surface area contributed by atoms with Gasteiger partial charge in [0.2, 0.25) is 0 Å². The summed E-state index contributed by atoms with van der Waals surface area (Å²) in [7, 11) is 0. The molecule has 1 aliphatic rings. The molecule has 0 aromatic heterocycles. The number of hydrogen-bond donors (Lipinski definition) is 1. The molecule has 1 fully saturated rings. The highest BCUT2D eigenvalue weighted by Crippen LogP contribution is 2.42. The molecule has 2 nitrogen and oxygen atoms in total. The fraction of sp³-hybridized carbons (Fsp3) is 1.00. The van der Waals surface area contributed by atoms with Crippen LogP contribution in [0.4, 0.5) is 0 Å². The fourth-order valence-corrected chi connectivity index (χ4v) is 3.17. The lowest BCUT2D eigenvalue weighted by molar-refractivity contribution is -0.0849. The second kappa shape index (κ2) is 7.64. The number of ether oxygens (including phenoxy) is 1. The predicted octanol–water partition coefficient (Wildman–Crippen LogP) is 4.39. The molecule has 0 atom stereocenters. The number of rotatable bonds is 7. The lowest BCUT2D eigenvalue weighted by Gasteiger charge is -2.44. The Morgan fingerprint density at radius 2 is 1.79 bits per heavy atom. The highest BCUT2D eigenvalue weighted by atomic mass is 16.5. The Labute approximate surface area is 120 Å². The maximum absolute atomic E-state index is 6.31. The van der Waals surface area contributed by atoms with Crippen LogP contribution < -0.4 is 5.32 Å². The van der Waals surface area contributed by atoms with Gasteiger partial charge in [0.05, 0.1) is 5.60 Å². The summed E-state index contributed by atoms with van der Waals surface area (Å²) in [4.78, 5) is 0. The Morgan fingerprint density at radius 1 is 1.16 bits per heavy atom. The van der Waals surface area contributed by atoms with E-state index < -0.39 is 0 Å². The molecule has 0 spiro atoms. The van der Waals surface area contributed by atoms with Crippen molar-refractivity contribution in [1.82, 2.24) is 5.32 Å². The van der Waals surface area contributed by atoms with Crippen molar-refractivity contribution in [2.45, 2.75) is 78.7 Å². The topological polar surface area (TPSA) is 21.3 Å². The summed E-state index contributed by atoms with van der Waals surface area (Å²) < 4.78 is 6.31. The van der Waals surface area contributed by atoms with Crippen molar-refractivity contribution in [3.63, 3.8) is 0 Å². The van der Waals surface area contributed by atoms with Crippen LogP contribution in [-0.2, 0) is 4.74 Å². The molecule has 0 bridgehead atoms. The van der Waals surface area contributed by atoms with Crippen LogP contribution in [0.15, 0.2) is 0 Å². The average molecular weight is 269 g/mol. The van der Waals surface area contributed by atoms with Gasteiger partial charge in [-0.3, -0.25) is 0 Å². The summed E-state index contributed by atoms with van der Waals surface area (Å²) in [6, 6.07) is 0. The van der Waals surface area contributed by atoms with E-state index in [1.165, 1.54) is 38.5 Å². The molecule has 1 rings (SSSR count). The zero-order chi connectivity index (χ0) is 14.4. The molecule has 114 valence electrons. The van der Waals surface area contributed by atoms with Crippen molar-refractivity contribution in [3.8, 4) is 0 Å². The molecule has 0 heterocycles. The van der Waals surface area contributed by atoms with Crippen molar-refractivity contribution in [2.24, 2.45) is 11.3 Å². The van der Waals surface area contributed by atoms with Gasteiger partial charge in [-0.25, -0.2) is 0 Å². The Bertz CT molecular complexity index is 236. The lowest BCUT2D eigenvalue weighted by atomic mass is 9.68. The quantitative estimate of drug-likeness (QED) is 0.692. The summed E-state index contributed by atoms with van der Waals surface area (Å²) >= 11 is 0. The van der Waals surface area contributed by atoms with Crippen LogP contribution in [0.3, 0.4) is 0 Å². The molecule has 0 amide bonds. The minimum Gasteiger partial charge on any atom is -0.374 e. The Hall–Kier alpha value is -0.0800. The molecule has 0 aromatic carbocycles. The van der Waals surface area contributed by atoms with Gasteiger partial charge in [0, 0.05) is 13.2 Å². The molecule has 0 radical (unpaired) electrons. The van der Waals surface area contributed by atoms with E-state index in [-0.39, 0.29) is 5.60 Å². The molecule has 0 unspecified atom stereocenters. The second-order valence-electron chi connectivity index (χ2n) is 7.31. The van der Waals surface area contributed by atoms with E-state index in [1.807, 2.05) is 0 Å². The standard InChI is InChI=1S/C17H35NO/c1-6-8-13-19-17(14-18-7-2)11-9-15(10-12-17)16(3,4)5/h15,18H,6-14H2,1-5H3. The fourth-order valence-electron chi connectivity index (χ4n) is 3.17. The molecule has 1 saturated carbocycles. The molecule has 2 heteroatoms. The minimum atomic E-state index is 0.118. The van der Waals surface area contributed by atoms with Gasteiger partial charge < -0.3 is 10.1 Å². The zero-order valence-corrected chi connectivity index (χ0v) is 13.8. The molecular weight excluding hydrogens is 234 g/mol. The van der Waals surface area contributed by atoms with Gasteiger partial charge in [-0.15, -0.1) is 0 Å². The first-order valence-electron chi connectivity index (χ1n) is 8.28. The maximum atomic E-state index is 6.31. The number of nitrogens with one attached hydrogen (secondary N) is 1. The van der Waals surface area contributed by atoms with Gasteiger partial charge in [-0.05, 0) is 50.0 Å². The first kappa shape index (κ1) is 17.0. The van der Waals surface area contributed by atoms with Gasteiger partial charge in [0.1, 0.15) is 0 Å². The average Bonchev–Trinajstić information content (AvgIpc) is 2.36. The van der Waals surface area contributed by atoms with Gasteiger partial charge in [0.15, 0.2) is 0 Å². The smallest absolute Gasteiger partial charge is 0.0806 e. The van der Waals surface area contributed by atoms with Crippen molar-refractivity contribution >= 4 is 0 Å². The second-order valence-corrected chi connectivity index (χ2v) is 7.31. The first-order chi connectivity index (χ1) is 8.93. The van der Waals surface area contributed by atoms with Crippen molar-refractivity contribution in [3.05, 3.63) is 0 Å². The van der Waals surface area contributed by atoms with E-state index in [0.717, 1.165) is 25.6 Å². The van der Waals surface area contributed by atoms with E-state index in [1.54, 1.807) is 0 Å². The number of likely N-dealkylation sites (N-methyl/N-ethyl adjacent to an activating group) is 1. The maximum Gasteiger partial charge on any atom is 0.0806 e. The molecule has 0 aliphatic heterocycles. The highest BCUT2D eigenvalue weighted by Gasteiger charge is 2.39. The zero-order valence-electron chi connectivity index (χ0n) is 13.8. The SMILES string of the molecule is CCCCOC1(CNCC)CCC(C(C)(C)C)CC1. The summed E-state index contributed by atoms with van der Waals surface area (Å²) in [6.07, 6.45) is 7.51. The van der Waals surface area contributed by atoms with E-state index in [0.29, 0.717) is 5.41 Å². The highest BCUT2D eigenvalue weighted by molar-refractivity contribution is 4.92. The van der Waals surface area contributed by atoms with Crippen LogP contribution in [0.1, 0.15) is 73.1 Å². The summed E-state index contributed by atoms with van der Waals surface area (Å²) in [6.45, 7) is 14.6. The van der Waals surface area contributed by atoms with Gasteiger partial charge in [-0.1, -0.05) is 41.0 Å². The van der Waals surface area contributed by atoms with E-state index in [2.05, 4.69) is 39.9 Å². The Balaban J connectivity index is 2.53. The minimum absolute atomic E-state index is 0.118. The number of hydrogen-bond acceptors (Lipinski definition) is 2. The van der Waals surface area contributed by atoms with Crippen molar-refractivity contribution in [1.29, 1.82) is 0 Å². The van der Waals surface area contributed by atoms with Crippen LogP contribution in [-0.4, -0.2) is 25.3 Å². The largest absolute Gasteiger partial charge is 0.374 e. The monoisotopic (exact) mass is 269 g/mol. The Morgan fingerprint density at radius 3 is 2.26 bits per heavy atom. The molecule has 1 aliphatic carbocycles. The predicted molar refractivity (Wildman–Crippen MR) is 83.5 cm³/mol. The molecule has 19 heavy (non-hydrogen) atoms. The van der Waals surface area contributed by atoms with Crippen LogP contribution >= 0.6 is 0 Å². The van der Waals surface area contributed by atoms with E-state index in [4.69, 9.17) is 4.74 Å². The third-order valence-electron chi connectivity index (χ3n) is 4.72. The van der Waals surface area contributed by atoms with Crippen LogP contribution in [0.25, 0.3) is 0 Å². The van der Waals surface area contributed by atoms with Crippen LogP contribution in [0.5, 0.6) is 0 Å². The van der Waals surface area contributed by atoms with E-state index in [9.17, 15) is 0 Å². The van der Waals surface area contributed by atoms with Crippen molar-refractivity contribution in [2.75, 3.05) is 19.7 Å². The Kier molecular flexibility index (Phi) is 6.82. The van der Waals surface area contributed by atoms with Gasteiger partial charge in [-0.2, -0.15) is 0 Å². The lowest BCUT2D eigenvalue weighted by Crippen LogP contribution is -2.47. The summed E-state index contributed by atoms with van der Waals surface area (Å²) in [5, 5.41) is 3.51. The number of unbranched alkanes of at least 4 members (excludes halogenated alkanes) is 1.